The number of methoxy groups -OCH3 is 1. The molecule has 0 saturated heterocycles. The van der Waals surface area contributed by atoms with Crippen molar-refractivity contribution >= 4 is 11.7 Å². The van der Waals surface area contributed by atoms with Crippen molar-refractivity contribution in [2.45, 2.75) is 89.4 Å². The van der Waals surface area contributed by atoms with E-state index < -0.39 is 0 Å². The molecule has 0 atom stereocenters. The standard InChI is InChI=1S/C32H40N4O3/c1-21-29(38-2)15-14-27(34-21)23-10-8-22(9-11-23)19-36(32(37)25-6-4-3-5-7-25)30-18-26(16-17-33-30)28-20-39-31(35-28)24-12-13-24/h14-18,20,22-25H,3-13,19H2,1-2H3. The normalized spacial score (nSPS) is 22.0. The fourth-order valence-electron chi connectivity index (χ4n) is 6.44. The van der Waals surface area contributed by atoms with E-state index >= 15 is 0 Å². The highest BCUT2D eigenvalue weighted by Gasteiger charge is 2.32. The Labute approximate surface area is 231 Å². The fourth-order valence-corrected chi connectivity index (χ4v) is 6.44. The summed E-state index contributed by atoms with van der Waals surface area (Å²) in [4.78, 5) is 30.2. The van der Waals surface area contributed by atoms with Gasteiger partial charge in [0.1, 0.15) is 23.5 Å². The molecule has 3 aromatic rings. The second-order valence-electron chi connectivity index (χ2n) is 11.8. The maximum atomic E-state index is 13.9. The van der Waals surface area contributed by atoms with Gasteiger partial charge < -0.3 is 9.15 Å². The number of ether oxygens (including phenoxy) is 1. The summed E-state index contributed by atoms with van der Waals surface area (Å²) < 4.78 is 11.1. The van der Waals surface area contributed by atoms with Crippen molar-refractivity contribution in [1.82, 2.24) is 15.0 Å². The van der Waals surface area contributed by atoms with Crippen LogP contribution in [0.5, 0.6) is 5.75 Å². The maximum Gasteiger partial charge on any atom is 0.231 e. The summed E-state index contributed by atoms with van der Waals surface area (Å²) in [7, 11) is 1.69. The molecule has 0 radical (unpaired) electrons. The number of hydrogen-bond donors (Lipinski definition) is 0. The minimum absolute atomic E-state index is 0.0977. The van der Waals surface area contributed by atoms with Crippen LogP contribution in [-0.4, -0.2) is 34.5 Å². The number of aromatic nitrogens is 3. The number of anilines is 1. The van der Waals surface area contributed by atoms with Crippen LogP contribution < -0.4 is 9.64 Å². The topological polar surface area (TPSA) is 81.4 Å². The number of hydrogen-bond acceptors (Lipinski definition) is 6. The Morgan fingerprint density at radius 1 is 0.974 bits per heavy atom. The van der Waals surface area contributed by atoms with Crippen LogP contribution in [0.4, 0.5) is 5.82 Å². The molecule has 0 aliphatic heterocycles. The molecule has 7 heteroatoms. The van der Waals surface area contributed by atoms with Gasteiger partial charge in [0.15, 0.2) is 5.89 Å². The number of aryl methyl sites for hydroxylation is 1. The van der Waals surface area contributed by atoms with Gasteiger partial charge in [0.2, 0.25) is 5.91 Å². The second kappa shape index (κ2) is 11.5. The van der Waals surface area contributed by atoms with Crippen LogP contribution in [0, 0.1) is 18.8 Å². The molecular weight excluding hydrogens is 488 g/mol. The number of rotatable bonds is 8. The van der Waals surface area contributed by atoms with Crippen LogP contribution in [0.25, 0.3) is 11.3 Å². The Hall–Kier alpha value is -3.22. The average Bonchev–Trinajstić information content (AvgIpc) is 3.72. The van der Waals surface area contributed by atoms with Crippen LogP contribution in [0.3, 0.4) is 0 Å². The van der Waals surface area contributed by atoms with Crippen molar-refractivity contribution < 1.29 is 13.9 Å². The Kier molecular flexibility index (Phi) is 7.67. The van der Waals surface area contributed by atoms with Gasteiger partial charge in [-0.2, -0.15) is 0 Å². The van der Waals surface area contributed by atoms with Crippen LogP contribution in [-0.2, 0) is 4.79 Å². The lowest BCUT2D eigenvalue weighted by Gasteiger charge is -2.34. The predicted molar refractivity (Wildman–Crippen MR) is 151 cm³/mol. The van der Waals surface area contributed by atoms with Crippen LogP contribution in [0.15, 0.2) is 41.1 Å². The monoisotopic (exact) mass is 528 g/mol. The lowest BCUT2D eigenvalue weighted by atomic mass is 9.79. The largest absolute Gasteiger partial charge is 0.495 e. The molecule has 6 rings (SSSR count). The van der Waals surface area contributed by atoms with Gasteiger partial charge in [-0.3, -0.25) is 14.7 Å². The third-order valence-corrected chi connectivity index (χ3v) is 8.97. The van der Waals surface area contributed by atoms with Gasteiger partial charge in [-0.15, -0.1) is 0 Å². The maximum absolute atomic E-state index is 13.9. The van der Waals surface area contributed by atoms with Crippen molar-refractivity contribution in [1.29, 1.82) is 0 Å². The molecule has 0 aromatic carbocycles. The highest BCUT2D eigenvalue weighted by molar-refractivity contribution is 5.94. The van der Waals surface area contributed by atoms with Crippen molar-refractivity contribution in [2.75, 3.05) is 18.6 Å². The minimum atomic E-state index is 0.0977. The second-order valence-corrected chi connectivity index (χ2v) is 11.8. The molecule has 0 bridgehead atoms. The van der Waals surface area contributed by atoms with Gasteiger partial charge in [-0.1, -0.05) is 19.3 Å². The lowest BCUT2D eigenvalue weighted by molar-refractivity contribution is -0.123. The molecule has 3 heterocycles. The molecule has 0 unspecified atom stereocenters. The highest BCUT2D eigenvalue weighted by Crippen LogP contribution is 2.41. The van der Waals surface area contributed by atoms with Gasteiger partial charge in [-0.05, 0) is 88.5 Å². The van der Waals surface area contributed by atoms with E-state index in [1.54, 1.807) is 13.4 Å². The Balaban J connectivity index is 1.19. The summed E-state index contributed by atoms with van der Waals surface area (Å²) in [6.45, 7) is 2.73. The van der Waals surface area contributed by atoms with Gasteiger partial charge in [0.05, 0.1) is 12.8 Å². The Morgan fingerprint density at radius 2 is 1.74 bits per heavy atom. The van der Waals surface area contributed by atoms with Crippen molar-refractivity contribution in [2.24, 2.45) is 11.8 Å². The lowest BCUT2D eigenvalue weighted by Crippen LogP contribution is -2.41. The summed E-state index contributed by atoms with van der Waals surface area (Å²) in [5.74, 6) is 4.14. The first-order valence-corrected chi connectivity index (χ1v) is 14.8. The SMILES string of the molecule is COc1ccc(C2CCC(CN(C(=O)C3CCCCC3)c3cc(-c4coc(C5CC5)n4)ccn3)CC2)nc1C. The van der Waals surface area contributed by atoms with Gasteiger partial charge in [-0.25, -0.2) is 9.97 Å². The molecule has 3 aliphatic carbocycles. The number of oxazole rings is 1. The van der Waals surface area contributed by atoms with E-state index in [1.165, 1.54) is 6.42 Å². The van der Waals surface area contributed by atoms with E-state index in [0.717, 1.165) is 111 Å². The first kappa shape index (κ1) is 26.0. The van der Waals surface area contributed by atoms with Gasteiger partial charge in [0, 0.05) is 41.8 Å². The molecular formula is C32H40N4O3. The molecule has 206 valence electrons. The molecule has 0 spiro atoms. The molecule has 1 amide bonds. The average molecular weight is 529 g/mol. The number of carbonyl (C=O) groups is 1. The number of carbonyl (C=O) groups excluding carboxylic acids is 1. The van der Waals surface area contributed by atoms with E-state index in [0.29, 0.717) is 17.8 Å². The summed E-state index contributed by atoms with van der Waals surface area (Å²) in [6, 6.07) is 8.15. The molecule has 3 aromatic heterocycles. The molecule has 39 heavy (non-hydrogen) atoms. The van der Waals surface area contributed by atoms with E-state index in [9.17, 15) is 4.79 Å². The number of pyridine rings is 2. The summed E-state index contributed by atoms with van der Waals surface area (Å²) >= 11 is 0. The van der Waals surface area contributed by atoms with Gasteiger partial charge in [0.25, 0.3) is 0 Å². The van der Waals surface area contributed by atoms with E-state index in [4.69, 9.17) is 24.1 Å². The minimum Gasteiger partial charge on any atom is -0.495 e. The quantitative estimate of drug-likeness (QED) is 0.307. The third-order valence-electron chi connectivity index (χ3n) is 8.97. The van der Waals surface area contributed by atoms with Crippen molar-refractivity contribution in [3.8, 4) is 17.0 Å². The van der Waals surface area contributed by atoms with E-state index in [2.05, 4.69) is 6.07 Å². The zero-order chi connectivity index (χ0) is 26.8. The summed E-state index contributed by atoms with van der Waals surface area (Å²) in [5, 5.41) is 0. The van der Waals surface area contributed by atoms with Crippen molar-refractivity contribution in [3.05, 3.63) is 54.0 Å². The first-order valence-electron chi connectivity index (χ1n) is 14.8. The highest BCUT2D eigenvalue weighted by atomic mass is 16.5. The van der Waals surface area contributed by atoms with Crippen LogP contribution in [0.2, 0.25) is 0 Å². The van der Waals surface area contributed by atoms with E-state index in [1.807, 2.05) is 36.2 Å². The smallest absolute Gasteiger partial charge is 0.231 e. The van der Waals surface area contributed by atoms with E-state index in [-0.39, 0.29) is 11.8 Å². The predicted octanol–water partition coefficient (Wildman–Crippen LogP) is 7.21. The molecule has 0 N–H and O–H groups in total. The zero-order valence-electron chi connectivity index (χ0n) is 23.3. The molecule has 3 aliphatic rings. The molecule has 3 fully saturated rings. The fraction of sp³-hybridized carbons (Fsp3) is 0.562. The van der Waals surface area contributed by atoms with Crippen LogP contribution in [0.1, 0.15) is 99.7 Å². The number of amides is 1. The van der Waals surface area contributed by atoms with Crippen LogP contribution >= 0.6 is 0 Å². The third kappa shape index (κ3) is 5.87. The summed E-state index contributed by atoms with van der Waals surface area (Å²) in [6.07, 6.45) is 15.7. The molecule has 7 nitrogen and oxygen atoms in total. The van der Waals surface area contributed by atoms with Gasteiger partial charge >= 0.3 is 0 Å². The summed E-state index contributed by atoms with van der Waals surface area (Å²) in [5.41, 5.74) is 3.90. The number of nitrogens with zero attached hydrogens (tertiary/aromatic N) is 4. The first-order chi connectivity index (χ1) is 19.1. The van der Waals surface area contributed by atoms with Crippen molar-refractivity contribution in [3.63, 3.8) is 0 Å². The Morgan fingerprint density at radius 3 is 2.46 bits per heavy atom. The Bertz CT molecular complexity index is 1290. The molecule has 3 saturated carbocycles. The zero-order valence-corrected chi connectivity index (χ0v) is 23.3.